The topological polar surface area (TPSA) is 55.6 Å². The van der Waals surface area contributed by atoms with E-state index in [1.807, 2.05) is 0 Å². The number of benzene rings is 3. The molecule has 220 valence electrons. The molecular weight excluding hydrogens is 539 g/mol. The average molecular weight is 575 g/mol. The lowest BCUT2D eigenvalue weighted by molar-refractivity contribution is -0.274. The van der Waals surface area contributed by atoms with E-state index >= 15 is 0 Å². The number of ether oxygens (including phenoxy) is 1. The van der Waals surface area contributed by atoms with Crippen LogP contribution in [-0.4, -0.2) is 36.8 Å². The minimum absolute atomic E-state index is 0.0105. The molecule has 0 spiro atoms. The molecule has 0 aromatic heterocycles. The number of piperidine rings is 1. The van der Waals surface area contributed by atoms with Gasteiger partial charge in [-0.1, -0.05) is 30.3 Å². The molecule has 0 aliphatic carbocycles. The van der Waals surface area contributed by atoms with E-state index in [1.54, 1.807) is 38.1 Å². The van der Waals surface area contributed by atoms with Crippen LogP contribution < -0.4 is 10.5 Å². The Balaban J connectivity index is 1.43. The van der Waals surface area contributed by atoms with Crippen molar-refractivity contribution in [2.75, 3.05) is 19.6 Å². The van der Waals surface area contributed by atoms with Crippen molar-refractivity contribution in [1.82, 2.24) is 4.90 Å². The number of carbonyl (C=O) groups excluding carboxylic acids is 1. The van der Waals surface area contributed by atoms with Crippen molar-refractivity contribution in [3.63, 3.8) is 0 Å². The smallest absolute Gasteiger partial charge is 0.406 e. The molecule has 4 nitrogen and oxygen atoms in total. The molecule has 0 bridgehead atoms. The van der Waals surface area contributed by atoms with Gasteiger partial charge in [0.05, 0.1) is 5.41 Å². The summed E-state index contributed by atoms with van der Waals surface area (Å²) in [5, 5.41) is 0. The third-order valence-electron chi connectivity index (χ3n) is 8.09. The zero-order valence-electron chi connectivity index (χ0n) is 23.2. The number of carbonyl (C=O) groups is 1. The number of alkyl halides is 3. The molecule has 0 unspecified atom stereocenters. The Hall–Kier alpha value is -3.46. The van der Waals surface area contributed by atoms with Gasteiger partial charge in [0, 0.05) is 5.92 Å². The van der Waals surface area contributed by atoms with Crippen LogP contribution in [0.1, 0.15) is 73.6 Å². The van der Waals surface area contributed by atoms with Crippen LogP contribution in [0.25, 0.3) is 0 Å². The third-order valence-corrected chi connectivity index (χ3v) is 8.09. The van der Waals surface area contributed by atoms with Gasteiger partial charge in [-0.15, -0.1) is 13.2 Å². The van der Waals surface area contributed by atoms with Gasteiger partial charge >= 0.3 is 6.36 Å². The van der Waals surface area contributed by atoms with Crippen LogP contribution in [0.3, 0.4) is 0 Å². The molecule has 41 heavy (non-hydrogen) atoms. The van der Waals surface area contributed by atoms with E-state index in [1.165, 1.54) is 42.5 Å². The van der Waals surface area contributed by atoms with Gasteiger partial charge in [0.1, 0.15) is 17.4 Å². The van der Waals surface area contributed by atoms with Crippen molar-refractivity contribution in [2.45, 2.75) is 63.1 Å². The molecule has 3 aromatic carbocycles. The fourth-order valence-corrected chi connectivity index (χ4v) is 5.68. The molecule has 0 radical (unpaired) electrons. The molecule has 1 heterocycles. The van der Waals surface area contributed by atoms with E-state index in [2.05, 4.69) is 9.64 Å². The van der Waals surface area contributed by atoms with E-state index in [9.17, 15) is 26.7 Å². The normalized spacial score (nSPS) is 15.3. The zero-order chi connectivity index (χ0) is 29.8. The highest BCUT2D eigenvalue weighted by Gasteiger charge is 2.35. The van der Waals surface area contributed by atoms with Gasteiger partial charge in [0.25, 0.3) is 0 Å². The molecule has 9 heteroatoms. The fraction of sp³-hybridized carbons (Fsp3) is 0.406. The molecule has 1 fully saturated rings. The number of rotatable bonds is 10. The first-order valence-corrected chi connectivity index (χ1v) is 13.8. The summed E-state index contributed by atoms with van der Waals surface area (Å²) in [4.78, 5) is 14.5. The van der Waals surface area contributed by atoms with Crippen LogP contribution >= 0.6 is 0 Å². The Labute approximate surface area is 237 Å². The van der Waals surface area contributed by atoms with Gasteiger partial charge < -0.3 is 15.4 Å². The van der Waals surface area contributed by atoms with Crippen LogP contribution in [0.15, 0.2) is 66.7 Å². The highest BCUT2D eigenvalue weighted by molar-refractivity contribution is 5.86. The summed E-state index contributed by atoms with van der Waals surface area (Å²) in [6, 6.07) is 16.9. The maximum absolute atomic E-state index is 13.5. The Morgan fingerprint density at radius 2 is 1.46 bits per heavy atom. The number of halogens is 5. The summed E-state index contributed by atoms with van der Waals surface area (Å²) in [7, 11) is 0. The van der Waals surface area contributed by atoms with Gasteiger partial charge in [0.15, 0.2) is 0 Å². The summed E-state index contributed by atoms with van der Waals surface area (Å²) in [6.07, 6.45) is -1.78. The van der Waals surface area contributed by atoms with Gasteiger partial charge in [0.2, 0.25) is 5.91 Å². The molecule has 0 saturated carbocycles. The number of likely N-dealkylation sites (tertiary alicyclic amines) is 1. The molecule has 0 atom stereocenters. The number of amides is 1. The highest BCUT2D eigenvalue weighted by Crippen LogP contribution is 2.39. The van der Waals surface area contributed by atoms with E-state index < -0.39 is 17.7 Å². The van der Waals surface area contributed by atoms with Crippen LogP contribution in [-0.2, 0) is 10.2 Å². The lowest BCUT2D eigenvalue weighted by Gasteiger charge is -2.35. The number of primary amides is 1. The number of hydrogen-bond donors (Lipinski definition) is 1. The van der Waals surface area contributed by atoms with Gasteiger partial charge in [-0.3, -0.25) is 4.79 Å². The first-order valence-electron chi connectivity index (χ1n) is 13.8. The fourth-order valence-electron chi connectivity index (χ4n) is 5.68. The molecule has 1 saturated heterocycles. The number of nitrogens with zero attached hydrogens (tertiary/aromatic N) is 1. The van der Waals surface area contributed by atoms with Crippen molar-refractivity contribution < 1.29 is 31.5 Å². The van der Waals surface area contributed by atoms with E-state index in [0.717, 1.165) is 43.6 Å². The Bertz CT molecular complexity index is 1270. The predicted molar refractivity (Wildman–Crippen MR) is 148 cm³/mol. The molecular formula is C32H35F5N2O2. The lowest BCUT2D eigenvalue weighted by Crippen LogP contribution is -2.38. The quantitative estimate of drug-likeness (QED) is 0.257. The van der Waals surface area contributed by atoms with E-state index in [4.69, 9.17) is 5.73 Å². The van der Waals surface area contributed by atoms with Gasteiger partial charge in [-0.25, -0.2) is 8.78 Å². The van der Waals surface area contributed by atoms with Crippen LogP contribution in [0.5, 0.6) is 5.75 Å². The first-order chi connectivity index (χ1) is 19.3. The van der Waals surface area contributed by atoms with Gasteiger partial charge in [-0.2, -0.15) is 0 Å². The highest BCUT2D eigenvalue weighted by atomic mass is 19.4. The Kier molecular flexibility index (Phi) is 9.37. The van der Waals surface area contributed by atoms with Crippen LogP contribution in [0.2, 0.25) is 0 Å². The minimum Gasteiger partial charge on any atom is -0.406 e. The van der Waals surface area contributed by atoms with Crippen LogP contribution in [0.4, 0.5) is 22.0 Å². The summed E-state index contributed by atoms with van der Waals surface area (Å²) in [5.74, 6) is -1.56. The maximum atomic E-state index is 13.5. The SMILES string of the molecule is CC(C)(C(N)=O)c1ccc(OC(F)(F)F)cc1C1CCN(CCCC(c2ccc(F)cc2)c2ccc(F)cc2)CC1. The van der Waals surface area contributed by atoms with E-state index in [-0.39, 0.29) is 29.2 Å². The van der Waals surface area contributed by atoms with Gasteiger partial charge in [-0.05, 0) is 124 Å². The minimum atomic E-state index is -4.82. The standard InChI is InChI=1S/C32H35F5N2O2/c1-31(2,30(38)40)29-14-13-26(41-32(35,36)37)20-28(29)23-15-18-39(19-16-23)17-3-4-27(21-5-9-24(33)10-6-21)22-7-11-25(34)12-8-22/h5-14,20,23,27H,3-4,15-19H2,1-2H3,(H2,38,40). The molecule has 1 aliphatic rings. The van der Waals surface area contributed by atoms with Crippen LogP contribution in [0, 0.1) is 11.6 Å². The van der Waals surface area contributed by atoms with E-state index in [0.29, 0.717) is 24.0 Å². The Morgan fingerprint density at radius 3 is 1.95 bits per heavy atom. The zero-order valence-corrected chi connectivity index (χ0v) is 23.2. The van der Waals surface area contributed by atoms with Crippen molar-refractivity contribution in [1.29, 1.82) is 0 Å². The Morgan fingerprint density at radius 1 is 0.927 bits per heavy atom. The average Bonchev–Trinajstić information content (AvgIpc) is 2.92. The monoisotopic (exact) mass is 574 g/mol. The third kappa shape index (κ3) is 7.85. The molecule has 3 aromatic rings. The predicted octanol–water partition coefficient (Wildman–Crippen LogP) is 7.42. The van der Waals surface area contributed by atoms with Crippen molar-refractivity contribution >= 4 is 5.91 Å². The van der Waals surface area contributed by atoms with Crippen molar-refractivity contribution in [2.24, 2.45) is 5.73 Å². The molecule has 1 aliphatic heterocycles. The maximum Gasteiger partial charge on any atom is 0.573 e. The van der Waals surface area contributed by atoms with Crippen molar-refractivity contribution in [3.05, 3.63) is 101 Å². The molecule has 2 N–H and O–H groups in total. The summed E-state index contributed by atoms with van der Waals surface area (Å²) in [5.41, 5.74) is 7.78. The molecule has 4 rings (SSSR count). The second-order valence-corrected chi connectivity index (χ2v) is 11.2. The molecule has 1 amide bonds. The summed E-state index contributed by atoms with van der Waals surface area (Å²) < 4.78 is 70.0. The number of nitrogens with two attached hydrogens (primary N) is 1. The van der Waals surface area contributed by atoms with Crippen molar-refractivity contribution in [3.8, 4) is 5.75 Å². The summed E-state index contributed by atoms with van der Waals surface area (Å²) in [6.45, 7) is 5.63. The lowest BCUT2D eigenvalue weighted by atomic mass is 9.76. The first kappa shape index (κ1) is 30.5. The summed E-state index contributed by atoms with van der Waals surface area (Å²) >= 11 is 0. The number of hydrogen-bond acceptors (Lipinski definition) is 3. The second-order valence-electron chi connectivity index (χ2n) is 11.2. The largest absolute Gasteiger partial charge is 0.573 e. The second kappa shape index (κ2) is 12.6.